The Bertz CT molecular complexity index is 510. The Balaban J connectivity index is 2.10. The Kier molecular flexibility index (Phi) is 3.82. The number of nitriles is 2. The number of hydrogen-bond acceptors (Lipinski definition) is 4. The van der Waals surface area contributed by atoms with Crippen molar-refractivity contribution in [2.24, 2.45) is 5.73 Å². The summed E-state index contributed by atoms with van der Waals surface area (Å²) in [7, 11) is 0. The van der Waals surface area contributed by atoms with E-state index in [4.69, 9.17) is 16.3 Å². The molecular formula is C14H16N4. The average Bonchev–Trinajstić information content (AvgIpc) is 2.38. The third kappa shape index (κ3) is 2.80. The minimum Gasteiger partial charge on any atom is -0.382 e. The molecule has 1 saturated carbocycles. The highest BCUT2D eigenvalue weighted by Crippen LogP contribution is 2.22. The SMILES string of the molecule is N#Cc1ccc(NC2CCCC(N)C2)cc1C#N. The molecule has 3 N–H and O–H groups in total. The smallest absolute Gasteiger partial charge is 0.101 e. The highest BCUT2D eigenvalue weighted by atomic mass is 14.9. The number of nitrogens with zero attached hydrogens (tertiary/aromatic N) is 2. The molecule has 4 heteroatoms. The van der Waals surface area contributed by atoms with Gasteiger partial charge in [-0.3, -0.25) is 0 Å². The van der Waals surface area contributed by atoms with Gasteiger partial charge >= 0.3 is 0 Å². The zero-order chi connectivity index (χ0) is 13.0. The molecule has 0 saturated heterocycles. The lowest BCUT2D eigenvalue weighted by molar-refractivity contribution is 0.409. The minimum atomic E-state index is 0.269. The van der Waals surface area contributed by atoms with Crippen LogP contribution in [0.2, 0.25) is 0 Å². The van der Waals surface area contributed by atoms with Crippen molar-refractivity contribution in [2.75, 3.05) is 5.32 Å². The zero-order valence-corrected chi connectivity index (χ0v) is 10.2. The van der Waals surface area contributed by atoms with Gasteiger partial charge in [0.05, 0.1) is 11.1 Å². The fraction of sp³-hybridized carbons (Fsp3) is 0.429. The number of rotatable bonds is 2. The van der Waals surface area contributed by atoms with E-state index in [0.717, 1.165) is 31.4 Å². The van der Waals surface area contributed by atoms with Crippen LogP contribution in [-0.4, -0.2) is 12.1 Å². The first kappa shape index (κ1) is 12.4. The number of hydrogen-bond donors (Lipinski definition) is 2. The van der Waals surface area contributed by atoms with Gasteiger partial charge in [0, 0.05) is 17.8 Å². The normalized spacial score (nSPS) is 22.8. The third-order valence-electron chi connectivity index (χ3n) is 3.35. The topological polar surface area (TPSA) is 85.6 Å². The second-order valence-corrected chi connectivity index (χ2v) is 4.75. The Morgan fingerprint density at radius 1 is 1.17 bits per heavy atom. The van der Waals surface area contributed by atoms with Crippen LogP contribution in [0.15, 0.2) is 18.2 Å². The molecule has 2 unspecified atom stereocenters. The van der Waals surface area contributed by atoms with Crippen molar-refractivity contribution < 1.29 is 0 Å². The Labute approximate surface area is 107 Å². The summed E-state index contributed by atoms with van der Waals surface area (Å²) < 4.78 is 0. The predicted octanol–water partition coefficient (Wildman–Crippen LogP) is 2.11. The molecule has 1 aliphatic rings. The second-order valence-electron chi connectivity index (χ2n) is 4.75. The van der Waals surface area contributed by atoms with Gasteiger partial charge in [-0.1, -0.05) is 0 Å². The van der Waals surface area contributed by atoms with E-state index >= 15 is 0 Å². The first-order valence-electron chi connectivity index (χ1n) is 6.19. The van der Waals surface area contributed by atoms with Gasteiger partial charge in [0.15, 0.2) is 0 Å². The molecule has 18 heavy (non-hydrogen) atoms. The largest absolute Gasteiger partial charge is 0.382 e. The highest BCUT2D eigenvalue weighted by Gasteiger charge is 2.19. The van der Waals surface area contributed by atoms with Crippen molar-refractivity contribution >= 4 is 5.69 Å². The van der Waals surface area contributed by atoms with Crippen LogP contribution in [0.5, 0.6) is 0 Å². The maximum Gasteiger partial charge on any atom is 0.101 e. The lowest BCUT2D eigenvalue weighted by atomic mass is 9.91. The van der Waals surface area contributed by atoms with Gasteiger partial charge in [0.2, 0.25) is 0 Å². The van der Waals surface area contributed by atoms with Crippen molar-refractivity contribution in [1.82, 2.24) is 0 Å². The summed E-state index contributed by atoms with van der Waals surface area (Å²) in [6, 6.07) is 9.96. The van der Waals surface area contributed by atoms with Crippen molar-refractivity contribution in [3.8, 4) is 12.1 Å². The second kappa shape index (κ2) is 5.53. The summed E-state index contributed by atoms with van der Waals surface area (Å²) in [5.74, 6) is 0. The molecule has 1 aliphatic carbocycles. The summed E-state index contributed by atoms with van der Waals surface area (Å²) >= 11 is 0. The van der Waals surface area contributed by atoms with Crippen LogP contribution in [0.3, 0.4) is 0 Å². The maximum absolute atomic E-state index is 8.97. The molecule has 4 nitrogen and oxygen atoms in total. The lowest BCUT2D eigenvalue weighted by Gasteiger charge is -2.28. The maximum atomic E-state index is 8.97. The summed E-state index contributed by atoms with van der Waals surface area (Å²) in [5.41, 5.74) is 7.68. The first-order valence-corrected chi connectivity index (χ1v) is 6.19. The summed E-state index contributed by atoms with van der Waals surface area (Å²) in [6.07, 6.45) is 4.30. The number of nitrogens with one attached hydrogen (secondary N) is 1. The van der Waals surface area contributed by atoms with Crippen LogP contribution in [0, 0.1) is 22.7 Å². The zero-order valence-electron chi connectivity index (χ0n) is 10.2. The van der Waals surface area contributed by atoms with Gasteiger partial charge in [0.1, 0.15) is 12.1 Å². The van der Waals surface area contributed by atoms with E-state index in [1.54, 1.807) is 12.1 Å². The molecule has 0 aliphatic heterocycles. The molecule has 1 aromatic rings. The van der Waals surface area contributed by atoms with Gasteiger partial charge in [-0.15, -0.1) is 0 Å². The van der Waals surface area contributed by atoms with Crippen LogP contribution < -0.4 is 11.1 Å². The van der Waals surface area contributed by atoms with Crippen LogP contribution >= 0.6 is 0 Å². The van der Waals surface area contributed by atoms with Crippen LogP contribution in [0.1, 0.15) is 36.8 Å². The van der Waals surface area contributed by atoms with Crippen LogP contribution in [-0.2, 0) is 0 Å². The monoisotopic (exact) mass is 240 g/mol. The summed E-state index contributed by atoms with van der Waals surface area (Å²) in [4.78, 5) is 0. The Morgan fingerprint density at radius 2 is 1.94 bits per heavy atom. The van der Waals surface area contributed by atoms with Gasteiger partial charge in [-0.05, 0) is 43.9 Å². The Morgan fingerprint density at radius 3 is 2.61 bits per heavy atom. The third-order valence-corrected chi connectivity index (χ3v) is 3.35. The van der Waals surface area contributed by atoms with E-state index in [9.17, 15) is 0 Å². The minimum absolute atomic E-state index is 0.269. The fourth-order valence-corrected chi connectivity index (χ4v) is 2.42. The van der Waals surface area contributed by atoms with Gasteiger partial charge in [-0.25, -0.2) is 0 Å². The van der Waals surface area contributed by atoms with E-state index in [2.05, 4.69) is 5.32 Å². The molecule has 2 rings (SSSR count). The number of nitrogens with two attached hydrogens (primary N) is 1. The van der Waals surface area contributed by atoms with Gasteiger partial charge in [0.25, 0.3) is 0 Å². The van der Waals surface area contributed by atoms with Crippen molar-refractivity contribution in [1.29, 1.82) is 10.5 Å². The average molecular weight is 240 g/mol. The molecule has 0 radical (unpaired) electrons. The van der Waals surface area contributed by atoms with Gasteiger partial charge in [-0.2, -0.15) is 10.5 Å². The number of anilines is 1. The van der Waals surface area contributed by atoms with E-state index in [1.807, 2.05) is 18.2 Å². The molecule has 0 spiro atoms. The predicted molar refractivity (Wildman–Crippen MR) is 69.7 cm³/mol. The highest BCUT2D eigenvalue weighted by molar-refractivity contribution is 5.56. The van der Waals surface area contributed by atoms with Crippen LogP contribution in [0.4, 0.5) is 5.69 Å². The van der Waals surface area contributed by atoms with Crippen LogP contribution in [0.25, 0.3) is 0 Å². The summed E-state index contributed by atoms with van der Waals surface area (Å²) in [5, 5.41) is 21.2. The molecule has 2 atom stereocenters. The van der Waals surface area contributed by atoms with Gasteiger partial charge < -0.3 is 11.1 Å². The molecule has 0 heterocycles. The van der Waals surface area contributed by atoms with E-state index in [-0.39, 0.29) is 6.04 Å². The first-order chi connectivity index (χ1) is 8.72. The van der Waals surface area contributed by atoms with E-state index in [1.165, 1.54) is 0 Å². The molecule has 1 fully saturated rings. The van der Waals surface area contributed by atoms with Crippen molar-refractivity contribution in [3.05, 3.63) is 29.3 Å². The summed E-state index contributed by atoms with van der Waals surface area (Å²) in [6.45, 7) is 0. The quantitative estimate of drug-likeness (QED) is 0.829. The van der Waals surface area contributed by atoms with Crippen molar-refractivity contribution in [3.63, 3.8) is 0 Å². The molecule has 0 bridgehead atoms. The van der Waals surface area contributed by atoms with E-state index < -0.39 is 0 Å². The fourth-order valence-electron chi connectivity index (χ4n) is 2.42. The molecular weight excluding hydrogens is 224 g/mol. The molecule has 92 valence electrons. The molecule has 0 amide bonds. The Hall–Kier alpha value is -2.04. The van der Waals surface area contributed by atoms with Crippen molar-refractivity contribution in [2.45, 2.75) is 37.8 Å². The number of benzene rings is 1. The standard InChI is InChI=1S/C14H16N4/c15-8-10-4-5-14(6-11(10)9-16)18-13-3-1-2-12(17)7-13/h4-6,12-13,18H,1-3,7,17H2. The molecule has 1 aromatic carbocycles. The lowest BCUT2D eigenvalue weighted by Crippen LogP contribution is -2.34. The molecule has 0 aromatic heterocycles. The van der Waals surface area contributed by atoms with E-state index in [0.29, 0.717) is 17.2 Å².